The number of amides is 1. The van der Waals surface area contributed by atoms with E-state index >= 15 is 0 Å². The average Bonchev–Trinajstić information content (AvgIpc) is 3.17. The Hall–Kier alpha value is -1.59. The summed E-state index contributed by atoms with van der Waals surface area (Å²) in [4.78, 5) is 15.2. The van der Waals surface area contributed by atoms with Crippen molar-refractivity contribution in [3.8, 4) is 5.75 Å². The number of fused-ring (bicyclic) bond motifs is 1. The Kier molecular flexibility index (Phi) is 4.93. The van der Waals surface area contributed by atoms with Gasteiger partial charge in [0.1, 0.15) is 11.4 Å². The van der Waals surface area contributed by atoms with Crippen LogP contribution in [0.1, 0.15) is 51.1 Å². The number of benzene rings is 1. The van der Waals surface area contributed by atoms with E-state index in [0.717, 1.165) is 50.1 Å². The number of rotatable bonds is 3. The molecule has 0 aromatic heterocycles. The molecule has 0 bridgehead atoms. The third-order valence-corrected chi connectivity index (χ3v) is 6.25. The van der Waals surface area contributed by atoms with Gasteiger partial charge in [-0.15, -0.1) is 0 Å². The van der Waals surface area contributed by atoms with Crippen molar-refractivity contribution in [3.63, 3.8) is 0 Å². The van der Waals surface area contributed by atoms with Gasteiger partial charge in [0.15, 0.2) is 0 Å². The minimum atomic E-state index is -0.163. The van der Waals surface area contributed by atoms with Gasteiger partial charge < -0.3 is 19.7 Å². The third-order valence-electron chi connectivity index (χ3n) is 6.25. The van der Waals surface area contributed by atoms with E-state index in [1.807, 2.05) is 18.2 Å². The van der Waals surface area contributed by atoms with Crippen molar-refractivity contribution in [2.45, 2.75) is 57.2 Å². The largest absolute Gasteiger partial charge is 0.487 e. The maximum absolute atomic E-state index is 12.7. The highest BCUT2D eigenvalue weighted by molar-refractivity contribution is 5.79. The minimum absolute atomic E-state index is 0.0104. The number of hydrogen-bond acceptors (Lipinski definition) is 4. The highest BCUT2D eigenvalue weighted by Gasteiger charge is 2.44. The molecule has 0 aliphatic carbocycles. The Morgan fingerprint density at radius 2 is 2.04 bits per heavy atom. The van der Waals surface area contributed by atoms with Crippen molar-refractivity contribution in [2.24, 2.45) is 5.92 Å². The van der Waals surface area contributed by atoms with Crippen molar-refractivity contribution < 1.29 is 14.3 Å². The lowest BCUT2D eigenvalue weighted by molar-refractivity contribution is -0.126. The van der Waals surface area contributed by atoms with Gasteiger partial charge in [0.05, 0.1) is 18.6 Å². The van der Waals surface area contributed by atoms with Crippen LogP contribution in [0.2, 0.25) is 0 Å². The summed E-state index contributed by atoms with van der Waals surface area (Å²) in [7, 11) is 0. The zero-order valence-corrected chi connectivity index (χ0v) is 15.9. The summed E-state index contributed by atoms with van der Waals surface area (Å²) in [5.74, 6) is 1.05. The van der Waals surface area contributed by atoms with E-state index in [0.29, 0.717) is 19.3 Å². The van der Waals surface area contributed by atoms with Crippen LogP contribution in [0.25, 0.3) is 0 Å². The van der Waals surface area contributed by atoms with E-state index in [9.17, 15) is 4.79 Å². The van der Waals surface area contributed by atoms with Crippen LogP contribution >= 0.6 is 0 Å². The maximum atomic E-state index is 12.7. The molecule has 5 nitrogen and oxygen atoms in total. The van der Waals surface area contributed by atoms with Crippen molar-refractivity contribution in [2.75, 3.05) is 26.3 Å². The summed E-state index contributed by atoms with van der Waals surface area (Å²) in [5.41, 5.74) is 0.945. The molecule has 2 saturated heterocycles. The van der Waals surface area contributed by atoms with Gasteiger partial charge in [0.2, 0.25) is 5.91 Å². The number of piperidine rings is 1. The summed E-state index contributed by atoms with van der Waals surface area (Å²) in [5, 5.41) is 3.31. The zero-order chi connectivity index (χ0) is 18.1. The van der Waals surface area contributed by atoms with Crippen LogP contribution < -0.4 is 10.1 Å². The number of carbonyl (C=O) groups is 1. The molecule has 26 heavy (non-hydrogen) atoms. The van der Waals surface area contributed by atoms with E-state index < -0.39 is 0 Å². The number of likely N-dealkylation sites (tertiary alicyclic amines) is 1. The quantitative estimate of drug-likeness (QED) is 0.903. The lowest BCUT2D eigenvalue weighted by atomic mass is 9.80. The van der Waals surface area contributed by atoms with Gasteiger partial charge in [-0.2, -0.15) is 0 Å². The second-order valence-corrected chi connectivity index (χ2v) is 8.28. The number of hydrogen-bond donors (Lipinski definition) is 1. The van der Waals surface area contributed by atoms with Crippen molar-refractivity contribution in [3.05, 3.63) is 29.8 Å². The zero-order valence-electron chi connectivity index (χ0n) is 15.9. The van der Waals surface area contributed by atoms with E-state index in [-0.39, 0.29) is 23.5 Å². The summed E-state index contributed by atoms with van der Waals surface area (Å²) >= 11 is 0. The van der Waals surface area contributed by atoms with Crippen LogP contribution in [0.15, 0.2) is 24.3 Å². The Balaban J connectivity index is 1.53. The Morgan fingerprint density at radius 3 is 2.73 bits per heavy atom. The monoisotopic (exact) mass is 358 g/mol. The molecule has 0 radical (unpaired) electrons. The lowest BCUT2D eigenvalue weighted by Gasteiger charge is -2.47. The van der Waals surface area contributed by atoms with Gasteiger partial charge in [-0.1, -0.05) is 18.2 Å². The SMILES string of the molecule is CC(C)N1CCC2(CC1)CC(NC(=O)C1CCOC1)c1ccccc1O2. The molecule has 142 valence electrons. The maximum Gasteiger partial charge on any atom is 0.226 e. The van der Waals surface area contributed by atoms with Crippen molar-refractivity contribution >= 4 is 5.91 Å². The molecule has 0 saturated carbocycles. The van der Waals surface area contributed by atoms with Crippen LogP contribution in [0.4, 0.5) is 0 Å². The number of nitrogens with zero attached hydrogens (tertiary/aromatic N) is 1. The molecule has 1 aromatic carbocycles. The van der Waals surface area contributed by atoms with Gasteiger partial charge in [-0.05, 0) is 39.2 Å². The molecule has 5 heteroatoms. The van der Waals surface area contributed by atoms with Gasteiger partial charge in [0.25, 0.3) is 0 Å². The first-order chi connectivity index (χ1) is 12.6. The average molecular weight is 358 g/mol. The molecular weight excluding hydrogens is 328 g/mol. The Labute approximate surface area is 156 Å². The molecule has 2 fully saturated rings. The Bertz CT molecular complexity index is 646. The molecule has 1 spiro atoms. The first-order valence-electron chi connectivity index (χ1n) is 9.96. The molecule has 3 heterocycles. The van der Waals surface area contributed by atoms with Crippen LogP contribution in [0, 0.1) is 5.92 Å². The first-order valence-corrected chi connectivity index (χ1v) is 9.96. The highest BCUT2D eigenvalue weighted by Crippen LogP contribution is 2.44. The van der Waals surface area contributed by atoms with E-state index in [1.54, 1.807) is 0 Å². The second kappa shape index (κ2) is 7.20. The summed E-state index contributed by atoms with van der Waals surface area (Å²) in [6, 6.07) is 8.77. The number of nitrogens with one attached hydrogen (secondary N) is 1. The normalized spacial score (nSPS) is 28.0. The second-order valence-electron chi connectivity index (χ2n) is 8.28. The van der Waals surface area contributed by atoms with E-state index in [2.05, 4.69) is 30.1 Å². The molecular formula is C21H30N2O3. The van der Waals surface area contributed by atoms with Crippen molar-refractivity contribution in [1.82, 2.24) is 10.2 Å². The number of ether oxygens (including phenoxy) is 2. The fourth-order valence-corrected chi connectivity index (χ4v) is 4.53. The third kappa shape index (κ3) is 3.47. The van der Waals surface area contributed by atoms with Crippen molar-refractivity contribution in [1.29, 1.82) is 0 Å². The topological polar surface area (TPSA) is 50.8 Å². The summed E-state index contributed by atoms with van der Waals surface area (Å²) < 4.78 is 11.9. The fraction of sp³-hybridized carbons (Fsp3) is 0.667. The van der Waals surface area contributed by atoms with Gasteiger partial charge in [-0.25, -0.2) is 0 Å². The molecule has 4 rings (SSSR count). The predicted molar refractivity (Wildman–Crippen MR) is 100 cm³/mol. The van der Waals surface area contributed by atoms with Gasteiger partial charge >= 0.3 is 0 Å². The number of carbonyl (C=O) groups excluding carboxylic acids is 1. The molecule has 1 N–H and O–H groups in total. The predicted octanol–water partition coefficient (Wildman–Crippen LogP) is 2.91. The molecule has 2 atom stereocenters. The van der Waals surface area contributed by atoms with Crippen LogP contribution in [-0.4, -0.2) is 48.8 Å². The van der Waals surface area contributed by atoms with Crippen LogP contribution in [0.3, 0.4) is 0 Å². The minimum Gasteiger partial charge on any atom is -0.487 e. The van der Waals surface area contributed by atoms with E-state index in [1.165, 1.54) is 0 Å². The molecule has 1 aromatic rings. The fourth-order valence-electron chi connectivity index (χ4n) is 4.53. The smallest absolute Gasteiger partial charge is 0.226 e. The van der Waals surface area contributed by atoms with Crippen LogP contribution in [0.5, 0.6) is 5.75 Å². The van der Waals surface area contributed by atoms with Crippen LogP contribution in [-0.2, 0) is 9.53 Å². The van der Waals surface area contributed by atoms with Gasteiger partial charge in [-0.3, -0.25) is 4.79 Å². The van der Waals surface area contributed by atoms with Gasteiger partial charge in [0, 0.05) is 37.7 Å². The molecule has 3 aliphatic rings. The summed E-state index contributed by atoms with van der Waals surface area (Å²) in [6.45, 7) is 7.85. The lowest BCUT2D eigenvalue weighted by Crippen LogP contribution is -2.53. The standard InChI is InChI=1S/C21H30N2O3/c1-15(2)23-10-8-21(9-11-23)13-18(17-5-3-4-6-19(17)26-21)22-20(24)16-7-12-25-14-16/h3-6,15-16,18H,7-14H2,1-2H3,(H,22,24). The molecule has 2 unspecified atom stereocenters. The van der Waals surface area contributed by atoms with E-state index in [4.69, 9.17) is 9.47 Å². The molecule has 3 aliphatic heterocycles. The first kappa shape index (κ1) is 17.8. The highest BCUT2D eigenvalue weighted by atomic mass is 16.5. The summed E-state index contributed by atoms with van der Waals surface area (Å²) in [6.07, 6.45) is 3.71. The Morgan fingerprint density at radius 1 is 1.27 bits per heavy atom. The number of para-hydroxylation sites is 1. The molecule has 1 amide bonds.